The Bertz CT molecular complexity index is 473. The van der Waals surface area contributed by atoms with Gasteiger partial charge in [-0.3, -0.25) is 11.3 Å². The molecule has 90 valence electrons. The Kier molecular flexibility index (Phi) is 3.61. The van der Waals surface area contributed by atoms with Gasteiger partial charge in [-0.2, -0.15) is 0 Å². The molecule has 3 nitrogen and oxygen atoms in total. The lowest BCUT2D eigenvalue weighted by Crippen LogP contribution is -2.29. The summed E-state index contributed by atoms with van der Waals surface area (Å²) < 4.78 is 5.31. The molecule has 0 bridgehead atoms. The lowest BCUT2D eigenvalue weighted by Gasteiger charge is -2.15. The predicted molar refractivity (Wildman–Crippen MR) is 68.4 cm³/mol. The summed E-state index contributed by atoms with van der Waals surface area (Å²) in [6.07, 6.45) is 2.56. The molecule has 3 heteroatoms. The van der Waals surface area contributed by atoms with Gasteiger partial charge in [0, 0.05) is 5.56 Å². The average molecular weight is 230 g/mol. The molecule has 2 aromatic rings. The van der Waals surface area contributed by atoms with Crippen LogP contribution in [0.4, 0.5) is 0 Å². The number of hydrazine groups is 1. The normalized spacial score (nSPS) is 12.6. The van der Waals surface area contributed by atoms with E-state index in [0.717, 1.165) is 17.7 Å². The van der Waals surface area contributed by atoms with Crippen LogP contribution in [0.2, 0.25) is 0 Å². The van der Waals surface area contributed by atoms with Crippen LogP contribution in [0.15, 0.2) is 41.0 Å². The fourth-order valence-electron chi connectivity index (χ4n) is 1.97. The van der Waals surface area contributed by atoms with Gasteiger partial charge < -0.3 is 4.42 Å². The molecule has 0 spiro atoms. The third kappa shape index (κ3) is 2.75. The minimum atomic E-state index is 0.0939. The molecule has 0 saturated heterocycles. The van der Waals surface area contributed by atoms with Gasteiger partial charge in [0.2, 0.25) is 0 Å². The van der Waals surface area contributed by atoms with Crippen molar-refractivity contribution in [2.24, 2.45) is 5.84 Å². The first-order valence-corrected chi connectivity index (χ1v) is 5.76. The van der Waals surface area contributed by atoms with Crippen molar-refractivity contribution in [1.82, 2.24) is 5.43 Å². The van der Waals surface area contributed by atoms with Crippen molar-refractivity contribution in [2.75, 3.05) is 0 Å². The molecule has 0 aliphatic rings. The number of rotatable bonds is 4. The molecule has 1 atom stereocenters. The lowest BCUT2D eigenvalue weighted by molar-refractivity contribution is 0.502. The third-order valence-electron chi connectivity index (χ3n) is 3.04. The largest absolute Gasteiger partial charge is 0.469 e. The van der Waals surface area contributed by atoms with Gasteiger partial charge in [0.25, 0.3) is 0 Å². The van der Waals surface area contributed by atoms with Crippen LogP contribution in [0.3, 0.4) is 0 Å². The van der Waals surface area contributed by atoms with Crippen molar-refractivity contribution in [3.8, 4) is 0 Å². The van der Waals surface area contributed by atoms with E-state index < -0.39 is 0 Å². The molecule has 0 radical (unpaired) electrons. The summed E-state index contributed by atoms with van der Waals surface area (Å²) in [6.45, 7) is 4.04. The molecule has 0 saturated carbocycles. The monoisotopic (exact) mass is 230 g/mol. The van der Waals surface area contributed by atoms with Crippen molar-refractivity contribution < 1.29 is 4.42 Å². The van der Waals surface area contributed by atoms with Crippen molar-refractivity contribution in [2.45, 2.75) is 26.3 Å². The molecular weight excluding hydrogens is 212 g/mol. The summed E-state index contributed by atoms with van der Waals surface area (Å²) >= 11 is 0. The smallest absolute Gasteiger partial charge is 0.105 e. The maximum atomic E-state index is 5.62. The second kappa shape index (κ2) is 5.17. The first-order valence-electron chi connectivity index (χ1n) is 5.76. The van der Waals surface area contributed by atoms with Gasteiger partial charge in [-0.15, -0.1) is 0 Å². The summed E-state index contributed by atoms with van der Waals surface area (Å²) in [6, 6.07) is 10.6. The maximum Gasteiger partial charge on any atom is 0.105 e. The highest BCUT2D eigenvalue weighted by Gasteiger charge is 2.14. The number of benzene rings is 1. The van der Waals surface area contributed by atoms with Crippen LogP contribution in [0.25, 0.3) is 0 Å². The Morgan fingerprint density at radius 3 is 2.41 bits per heavy atom. The van der Waals surface area contributed by atoms with Crippen molar-refractivity contribution >= 4 is 0 Å². The van der Waals surface area contributed by atoms with Crippen molar-refractivity contribution in [3.05, 3.63) is 59.0 Å². The molecule has 17 heavy (non-hydrogen) atoms. The molecule has 0 amide bonds. The molecule has 2 rings (SSSR count). The minimum Gasteiger partial charge on any atom is -0.469 e. The van der Waals surface area contributed by atoms with Crippen molar-refractivity contribution in [1.29, 1.82) is 0 Å². The number of furan rings is 1. The molecule has 1 unspecified atom stereocenters. The molecule has 3 N–H and O–H groups in total. The number of nitrogens with one attached hydrogen (secondary N) is 1. The summed E-state index contributed by atoms with van der Waals surface area (Å²) in [5.41, 5.74) is 6.50. The summed E-state index contributed by atoms with van der Waals surface area (Å²) in [5, 5.41) is 0. The standard InChI is InChI=1S/C14H18N2O/c1-10-3-5-12(6-4-10)9-14(16-15)13-7-8-17-11(13)2/h3-8,14,16H,9,15H2,1-2H3. The highest BCUT2D eigenvalue weighted by Crippen LogP contribution is 2.22. The number of hydrogen-bond acceptors (Lipinski definition) is 3. The third-order valence-corrected chi connectivity index (χ3v) is 3.04. The molecule has 0 aliphatic heterocycles. The average Bonchev–Trinajstić information content (AvgIpc) is 2.75. The van der Waals surface area contributed by atoms with Gasteiger partial charge >= 0.3 is 0 Å². The van der Waals surface area contributed by atoms with Crippen LogP contribution in [-0.2, 0) is 6.42 Å². The molecule has 1 aromatic heterocycles. The molecule has 1 heterocycles. The van der Waals surface area contributed by atoms with Crippen LogP contribution in [0.1, 0.15) is 28.5 Å². The topological polar surface area (TPSA) is 51.2 Å². The Morgan fingerprint density at radius 1 is 1.18 bits per heavy atom. The van der Waals surface area contributed by atoms with E-state index in [1.165, 1.54) is 11.1 Å². The SMILES string of the molecule is Cc1ccc(CC(NN)c2ccoc2C)cc1. The highest BCUT2D eigenvalue weighted by atomic mass is 16.3. The molecule has 0 fully saturated rings. The van der Waals surface area contributed by atoms with E-state index in [9.17, 15) is 0 Å². The summed E-state index contributed by atoms with van der Waals surface area (Å²) in [5.74, 6) is 6.54. The lowest BCUT2D eigenvalue weighted by atomic mass is 9.99. The van der Waals surface area contributed by atoms with Gasteiger partial charge in [0.05, 0.1) is 12.3 Å². The summed E-state index contributed by atoms with van der Waals surface area (Å²) in [7, 11) is 0. The van der Waals surface area contributed by atoms with Gasteiger partial charge in [-0.1, -0.05) is 29.8 Å². The zero-order valence-corrected chi connectivity index (χ0v) is 10.2. The summed E-state index contributed by atoms with van der Waals surface area (Å²) in [4.78, 5) is 0. The molecule has 1 aromatic carbocycles. The van der Waals surface area contributed by atoms with Crippen LogP contribution in [0, 0.1) is 13.8 Å². The Labute approximate surface area is 102 Å². The van der Waals surface area contributed by atoms with E-state index in [0.29, 0.717) is 0 Å². The zero-order valence-electron chi connectivity index (χ0n) is 10.2. The van der Waals surface area contributed by atoms with Gasteiger partial charge in [-0.25, -0.2) is 0 Å². The van der Waals surface area contributed by atoms with E-state index >= 15 is 0 Å². The van der Waals surface area contributed by atoms with E-state index in [1.807, 2.05) is 13.0 Å². The number of aryl methyl sites for hydroxylation is 2. The second-order valence-corrected chi connectivity index (χ2v) is 4.34. The van der Waals surface area contributed by atoms with E-state index in [4.69, 9.17) is 10.3 Å². The van der Waals surface area contributed by atoms with Crippen LogP contribution in [-0.4, -0.2) is 0 Å². The van der Waals surface area contributed by atoms with Crippen LogP contribution >= 0.6 is 0 Å². The van der Waals surface area contributed by atoms with E-state index in [-0.39, 0.29) is 6.04 Å². The zero-order chi connectivity index (χ0) is 12.3. The Morgan fingerprint density at radius 2 is 1.88 bits per heavy atom. The maximum absolute atomic E-state index is 5.62. The molecular formula is C14H18N2O. The fraction of sp³-hybridized carbons (Fsp3) is 0.286. The van der Waals surface area contributed by atoms with Gasteiger partial charge in [-0.05, 0) is 31.9 Å². The van der Waals surface area contributed by atoms with Crippen LogP contribution < -0.4 is 11.3 Å². The first-order chi connectivity index (χ1) is 8.20. The fourth-order valence-corrected chi connectivity index (χ4v) is 1.97. The number of nitrogens with two attached hydrogens (primary N) is 1. The quantitative estimate of drug-likeness (QED) is 0.627. The first kappa shape index (κ1) is 11.9. The van der Waals surface area contributed by atoms with E-state index in [1.54, 1.807) is 6.26 Å². The second-order valence-electron chi connectivity index (χ2n) is 4.34. The number of hydrogen-bond donors (Lipinski definition) is 2. The minimum absolute atomic E-state index is 0.0939. The Hall–Kier alpha value is -1.58. The van der Waals surface area contributed by atoms with Crippen LogP contribution in [0.5, 0.6) is 0 Å². The van der Waals surface area contributed by atoms with E-state index in [2.05, 4.69) is 36.6 Å². The highest BCUT2D eigenvalue weighted by molar-refractivity contribution is 5.26. The van der Waals surface area contributed by atoms with Crippen molar-refractivity contribution in [3.63, 3.8) is 0 Å². The van der Waals surface area contributed by atoms with Gasteiger partial charge in [0.1, 0.15) is 5.76 Å². The Balaban J connectivity index is 2.16. The molecule has 0 aliphatic carbocycles. The van der Waals surface area contributed by atoms with Gasteiger partial charge in [0.15, 0.2) is 0 Å². The predicted octanol–water partition coefficient (Wildman–Crippen LogP) is 2.64.